The third-order valence-corrected chi connectivity index (χ3v) is 2.17. The highest BCUT2D eigenvalue weighted by atomic mass is 16.3. The van der Waals surface area contributed by atoms with Crippen LogP contribution in [0.1, 0.15) is 11.4 Å². The predicted molar refractivity (Wildman–Crippen MR) is 52.9 cm³/mol. The summed E-state index contributed by atoms with van der Waals surface area (Å²) in [7, 11) is 0. The summed E-state index contributed by atoms with van der Waals surface area (Å²) in [6.07, 6.45) is 5.41. The number of hydrogen-bond donors (Lipinski definition) is 1. The zero-order chi connectivity index (χ0) is 10.7. The van der Waals surface area contributed by atoms with Gasteiger partial charge in [-0.05, 0) is 12.5 Å². The summed E-state index contributed by atoms with van der Waals surface area (Å²) in [5, 5.41) is 20.7. The average molecular weight is 207 g/mol. The van der Waals surface area contributed by atoms with E-state index >= 15 is 0 Å². The number of aliphatic hydroxyl groups is 1. The number of aliphatic hydroxyl groups excluding tert-OH is 1. The van der Waals surface area contributed by atoms with Gasteiger partial charge in [0.25, 0.3) is 0 Å². The molecule has 0 radical (unpaired) electrons. The summed E-state index contributed by atoms with van der Waals surface area (Å²) < 4.78 is 3.67. The monoisotopic (exact) mass is 207 g/mol. The van der Waals surface area contributed by atoms with Gasteiger partial charge in [-0.1, -0.05) is 0 Å². The Morgan fingerprint density at radius 1 is 1.40 bits per heavy atom. The number of rotatable bonds is 4. The summed E-state index contributed by atoms with van der Waals surface area (Å²) in [5.74, 6) is 0.582. The van der Waals surface area contributed by atoms with E-state index in [1.54, 1.807) is 6.33 Å². The van der Waals surface area contributed by atoms with Gasteiger partial charge < -0.3 is 9.67 Å². The number of aryl methyl sites for hydroxylation is 3. The van der Waals surface area contributed by atoms with Crippen molar-refractivity contribution in [2.45, 2.75) is 26.6 Å². The van der Waals surface area contributed by atoms with Crippen LogP contribution in [0.2, 0.25) is 0 Å². The molecule has 0 aliphatic carbocycles. The Labute approximate surface area is 87.2 Å². The van der Waals surface area contributed by atoms with Crippen LogP contribution in [0.5, 0.6) is 0 Å². The molecule has 0 bridgehead atoms. The largest absolute Gasteiger partial charge is 0.388 e. The summed E-state index contributed by atoms with van der Waals surface area (Å²) in [4.78, 5) is 0. The first-order chi connectivity index (χ1) is 7.29. The molecule has 6 nitrogen and oxygen atoms in total. The maximum Gasteiger partial charge on any atom is 0.158 e. The fourth-order valence-electron chi connectivity index (χ4n) is 1.39. The smallest absolute Gasteiger partial charge is 0.158 e. The molecule has 0 saturated heterocycles. The molecule has 0 aliphatic heterocycles. The van der Waals surface area contributed by atoms with E-state index in [2.05, 4.69) is 15.3 Å². The number of aromatic nitrogens is 5. The lowest BCUT2D eigenvalue weighted by molar-refractivity contribution is 0.263. The number of hydrogen-bond acceptors (Lipinski definition) is 4. The van der Waals surface area contributed by atoms with Crippen LogP contribution in [-0.4, -0.2) is 29.7 Å². The second-order valence-electron chi connectivity index (χ2n) is 3.38. The van der Waals surface area contributed by atoms with Crippen LogP contribution < -0.4 is 0 Å². The zero-order valence-corrected chi connectivity index (χ0v) is 8.54. The van der Waals surface area contributed by atoms with E-state index in [0.717, 1.165) is 12.1 Å². The molecule has 0 amide bonds. The lowest BCUT2D eigenvalue weighted by Gasteiger charge is -2.04. The van der Waals surface area contributed by atoms with E-state index in [1.807, 2.05) is 28.6 Å². The standard InChI is InChI=1S/C9H13N5O/c1-8-4-11-14(5-8)3-2-13-7-10-12-9(13)6-15/h4-5,7,15H,2-3,6H2,1H3. The van der Waals surface area contributed by atoms with Gasteiger partial charge in [0.1, 0.15) is 12.9 Å². The first-order valence-corrected chi connectivity index (χ1v) is 4.76. The molecular weight excluding hydrogens is 194 g/mol. The van der Waals surface area contributed by atoms with E-state index in [1.165, 1.54) is 0 Å². The molecule has 0 aliphatic rings. The van der Waals surface area contributed by atoms with E-state index < -0.39 is 0 Å². The van der Waals surface area contributed by atoms with E-state index in [-0.39, 0.29) is 6.61 Å². The molecular formula is C9H13N5O. The van der Waals surface area contributed by atoms with Crippen molar-refractivity contribution in [2.75, 3.05) is 0 Å². The van der Waals surface area contributed by atoms with Crippen LogP contribution >= 0.6 is 0 Å². The molecule has 2 aromatic heterocycles. The molecule has 0 aromatic carbocycles. The maximum atomic E-state index is 8.96. The van der Waals surface area contributed by atoms with Gasteiger partial charge >= 0.3 is 0 Å². The van der Waals surface area contributed by atoms with Gasteiger partial charge in [-0.2, -0.15) is 5.10 Å². The predicted octanol–water partition coefficient (Wildman–Crippen LogP) is -0.0245. The van der Waals surface area contributed by atoms with Crippen LogP contribution in [0.15, 0.2) is 18.7 Å². The Morgan fingerprint density at radius 3 is 2.93 bits per heavy atom. The highest BCUT2D eigenvalue weighted by molar-refractivity contribution is 4.99. The average Bonchev–Trinajstić information content (AvgIpc) is 2.83. The van der Waals surface area contributed by atoms with Crippen molar-refractivity contribution < 1.29 is 5.11 Å². The summed E-state index contributed by atoms with van der Waals surface area (Å²) in [5.41, 5.74) is 1.14. The topological polar surface area (TPSA) is 68.8 Å². The molecule has 0 atom stereocenters. The minimum Gasteiger partial charge on any atom is -0.388 e. The van der Waals surface area contributed by atoms with E-state index in [9.17, 15) is 0 Å². The molecule has 0 unspecified atom stereocenters. The first-order valence-electron chi connectivity index (χ1n) is 4.76. The van der Waals surface area contributed by atoms with Crippen molar-refractivity contribution in [3.05, 3.63) is 30.1 Å². The number of nitrogens with zero attached hydrogens (tertiary/aromatic N) is 5. The Balaban J connectivity index is 1.98. The molecule has 2 aromatic rings. The fourth-order valence-corrected chi connectivity index (χ4v) is 1.39. The SMILES string of the molecule is Cc1cnn(CCn2cnnc2CO)c1. The van der Waals surface area contributed by atoms with Gasteiger partial charge in [0.2, 0.25) is 0 Å². The molecule has 1 N–H and O–H groups in total. The molecule has 2 rings (SSSR count). The van der Waals surface area contributed by atoms with Gasteiger partial charge in [-0.15, -0.1) is 10.2 Å². The van der Waals surface area contributed by atoms with E-state index in [0.29, 0.717) is 12.4 Å². The van der Waals surface area contributed by atoms with Crippen LogP contribution in [0, 0.1) is 6.92 Å². The Morgan fingerprint density at radius 2 is 2.27 bits per heavy atom. The zero-order valence-electron chi connectivity index (χ0n) is 8.54. The second kappa shape index (κ2) is 4.22. The van der Waals surface area contributed by atoms with Crippen molar-refractivity contribution in [1.29, 1.82) is 0 Å². The Kier molecular flexibility index (Phi) is 2.77. The third-order valence-electron chi connectivity index (χ3n) is 2.17. The molecule has 2 heterocycles. The molecule has 0 spiro atoms. The molecule has 0 fully saturated rings. The Bertz CT molecular complexity index is 433. The Hall–Kier alpha value is -1.69. The highest BCUT2D eigenvalue weighted by Gasteiger charge is 2.02. The lowest BCUT2D eigenvalue weighted by Crippen LogP contribution is -2.10. The molecule has 6 heteroatoms. The second-order valence-corrected chi connectivity index (χ2v) is 3.38. The minimum atomic E-state index is -0.0852. The highest BCUT2D eigenvalue weighted by Crippen LogP contribution is 1.98. The van der Waals surface area contributed by atoms with Crippen molar-refractivity contribution >= 4 is 0 Å². The summed E-state index contributed by atoms with van der Waals surface area (Å²) in [6, 6.07) is 0. The van der Waals surface area contributed by atoms with Gasteiger partial charge in [0.15, 0.2) is 5.82 Å². The molecule has 15 heavy (non-hydrogen) atoms. The van der Waals surface area contributed by atoms with Crippen LogP contribution in [0.4, 0.5) is 0 Å². The van der Waals surface area contributed by atoms with Gasteiger partial charge in [0.05, 0.1) is 12.7 Å². The van der Waals surface area contributed by atoms with Crippen LogP contribution in [0.25, 0.3) is 0 Å². The van der Waals surface area contributed by atoms with Crippen LogP contribution in [0.3, 0.4) is 0 Å². The first kappa shape index (κ1) is 9.85. The van der Waals surface area contributed by atoms with Gasteiger partial charge in [0, 0.05) is 12.7 Å². The van der Waals surface area contributed by atoms with Crippen molar-refractivity contribution in [2.24, 2.45) is 0 Å². The lowest BCUT2D eigenvalue weighted by atomic mass is 10.4. The quantitative estimate of drug-likeness (QED) is 0.764. The summed E-state index contributed by atoms with van der Waals surface area (Å²) >= 11 is 0. The van der Waals surface area contributed by atoms with Crippen LogP contribution in [-0.2, 0) is 19.7 Å². The molecule has 80 valence electrons. The van der Waals surface area contributed by atoms with Gasteiger partial charge in [-0.25, -0.2) is 0 Å². The van der Waals surface area contributed by atoms with Crippen molar-refractivity contribution in [1.82, 2.24) is 24.5 Å². The van der Waals surface area contributed by atoms with Crippen molar-refractivity contribution in [3.63, 3.8) is 0 Å². The summed E-state index contributed by atoms with van der Waals surface area (Å²) in [6.45, 7) is 3.38. The fraction of sp³-hybridized carbons (Fsp3) is 0.444. The van der Waals surface area contributed by atoms with Crippen molar-refractivity contribution in [3.8, 4) is 0 Å². The molecule has 0 saturated carbocycles. The van der Waals surface area contributed by atoms with E-state index in [4.69, 9.17) is 5.11 Å². The normalized spacial score (nSPS) is 10.8. The van der Waals surface area contributed by atoms with Gasteiger partial charge in [-0.3, -0.25) is 4.68 Å². The maximum absolute atomic E-state index is 8.96. The minimum absolute atomic E-state index is 0.0852. The third kappa shape index (κ3) is 2.21.